The van der Waals surface area contributed by atoms with Crippen molar-refractivity contribution in [3.63, 3.8) is 0 Å². The second-order valence-corrected chi connectivity index (χ2v) is 3.06. The molecule has 16 heavy (non-hydrogen) atoms. The third-order valence-electron chi connectivity index (χ3n) is 1.79. The molecular weight excluding hydrogens is 206 g/mol. The zero-order valence-corrected chi connectivity index (χ0v) is 10.3. The third kappa shape index (κ3) is 4.75. The largest absolute Gasteiger partial charge is 0.481 e. The summed E-state index contributed by atoms with van der Waals surface area (Å²) >= 11 is 0. The number of allylic oxidation sites excluding steroid dienone is 3. The van der Waals surface area contributed by atoms with Gasteiger partial charge >= 0.3 is 0 Å². The van der Waals surface area contributed by atoms with Crippen LogP contribution in [0.25, 0.3) is 0 Å². The van der Waals surface area contributed by atoms with Gasteiger partial charge in [0.25, 0.3) is 0 Å². The zero-order chi connectivity index (χ0) is 12.6. The number of hydroxylamine groups is 1. The molecule has 0 heterocycles. The van der Waals surface area contributed by atoms with Crippen LogP contribution in [-0.2, 0) is 9.57 Å². The number of hydrogen-bond donors (Lipinski definition) is 2. The normalized spacial score (nSPS) is 12.9. The van der Waals surface area contributed by atoms with Gasteiger partial charge in [0.15, 0.2) is 0 Å². The first-order valence-electron chi connectivity index (χ1n) is 4.95. The van der Waals surface area contributed by atoms with Gasteiger partial charge in [-0.15, -0.1) is 0 Å². The van der Waals surface area contributed by atoms with Gasteiger partial charge in [0.2, 0.25) is 5.88 Å². The summed E-state index contributed by atoms with van der Waals surface area (Å²) in [7, 11) is 1.49. The third-order valence-corrected chi connectivity index (χ3v) is 1.79. The minimum atomic E-state index is 0.277. The van der Waals surface area contributed by atoms with E-state index in [4.69, 9.17) is 15.0 Å². The number of rotatable bonds is 7. The first kappa shape index (κ1) is 14.4. The molecule has 0 bridgehead atoms. The zero-order valence-electron chi connectivity index (χ0n) is 10.3. The maximum Gasteiger partial charge on any atom is 0.217 e. The Labute approximate surface area is 96.3 Å². The van der Waals surface area contributed by atoms with Crippen molar-refractivity contribution in [1.29, 1.82) is 5.41 Å². The summed E-state index contributed by atoms with van der Waals surface area (Å²) in [6, 6.07) is 0. The van der Waals surface area contributed by atoms with E-state index in [9.17, 15) is 0 Å². The lowest BCUT2D eigenvalue weighted by molar-refractivity contribution is 0.112. The van der Waals surface area contributed by atoms with Gasteiger partial charge in [0.05, 0.1) is 12.8 Å². The fourth-order valence-electron chi connectivity index (χ4n) is 0.978. The molecule has 0 rings (SSSR count). The Morgan fingerprint density at radius 1 is 1.50 bits per heavy atom. The van der Waals surface area contributed by atoms with E-state index >= 15 is 0 Å². The van der Waals surface area contributed by atoms with E-state index in [0.29, 0.717) is 23.8 Å². The molecule has 0 saturated heterocycles. The fourth-order valence-corrected chi connectivity index (χ4v) is 0.978. The molecule has 0 fully saturated rings. The van der Waals surface area contributed by atoms with Crippen molar-refractivity contribution >= 4 is 12.4 Å². The van der Waals surface area contributed by atoms with Crippen molar-refractivity contribution < 1.29 is 9.57 Å². The first-order valence-corrected chi connectivity index (χ1v) is 4.95. The molecule has 0 aromatic heterocycles. The summed E-state index contributed by atoms with van der Waals surface area (Å²) in [5, 5.41) is 7.79. The summed E-state index contributed by atoms with van der Waals surface area (Å²) in [5.74, 6) is 0.947. The van der Waals surface area contributed by atoms with Gasteiger partial charge in [-0.3, -0.25) is 0 Å². The van der Waals surface area contributed by atoms with E-state index in [1.165, 1.54) is 7.11 Å². The number of nitrogens with zero attached hydrogens (tertiary/aromatic N) is 1. The van der Waals surface area contributed by atoms with Crippen molar-refractivity contribution in [2.24, 2.45) is 4.99 Å². The standard InChI is InChI=1S/C11H19N3O2/c1-6-14-16-8(2)7-10(12)9(3)11(13-4)15-5/h7,12,14H,4,6H2,1-3,5H3/b8-7+,11-9+,12-10?. The smallest absolute Gasteiger partial charge is 0.217 e. The van der Waals surface area contributed by atoms with Crippen molar-refractivity contribution in [3.8, 4) is 0 Å². The van der Waals surface area contributed by atoms with Crippen molar-refractivity contribution in [2.45, 2.75) is 20.8 Å². The number of aliphatic imine (C=N–C) groups is 1. The van der Waals surface area contributed by atoms with Crippen LogP contribution in [0.4, 0.5) is 0 Å². The van der Waals surface area contributed by atoms with E-state index in [-0.39, 0.29) is 5.71 Å². The maximum absolute atomic E-state index is 7.79. The summed E-state index contributed by atoms with van der Waals surface area (Å²) in [6.45, 7) is 9.50. The second kappa shape index (κ2) is 7.64. The van der Waals surface area contributed by atoms with Crippen molar-refractivity contribution in [2.75, 3.05) is 13.7 Å². The summed E-state index contributed by atoms with van der Waals surface area (Å²) < 4.78 is 4.97. The molecule has 0 amide bonds. The number of nitrogens with one attached hydrogen (secondary N) is 2. The fraction of sp³-hybridized carbons (Fsp3) is 0.455. The maximum atomic E-state index is 7.79. The second-order valence-electron chi connectivity index (χ2n) is 3.06. The molecule has 0 atom stereocenters. The molecule has 0 aromatic rings. The van der Waals surface area contributed by atoms with Gasteiger partial charge in [0, 0.05) is 18.2 Å². The van der Waals surface area contributed by atoms with Gasteiger partial charge in [0.1, 0.15) is 5.76 Å². The van der Waals surface area contributed by atoms with Gasteiger partial charge in [-0.25, -0.2) is 4.99 Å². The number of methoxy groups -OCH3 is 1. The Bertz CT molecular complexity index is 319. The molecule has 0 spiro atoms. The Hall–Kier alpha value is -1.62. The Morgan fingerprint density at radius 2 is 2.12 bits per heavy atom. The Kier molecular flexibility index (Phi) is 6.87. The molecule has 0 aromatic carbocycles. The van der Waals surface area contributed by atoms with Crippen molar-refractivity contribution in [3.05, 3.63) is 23.3 Å². The van der Waals surface area contributed by atoms with Crippen LogP contribution >= 0.6 is 0 Å². The monoisotopic (exact) mass is 225 g/mol. The highest BCUT2D eigenvalue weighted by Gasteiger charge is 2.05. The molecule has 0 radical (unpaired) electrons. The molecule has 0 aliphatic rings. The molecular formula is C11H19N3O2. The highest BCUT2D eigenvalue weighted by atomic mass is 16.6. The molecule has 2 N–H and O–H groups in total. The van der Waals surface area contributed by atoms with Crippen LogP contribution in [0.2, 0.25) is 0 Å². The average Bonchev–Trinajstić information content (AvgIpc) is 2.27. The minimum absolute atomic E-state index is 0.277. The predicted molar refractivity (Wildman–Crippen MR) is 65.5 cm³/mol. The topological polar surface area (TPSA) is 66.7 Å². The Morgan fingerprint density at radius 3 is 2.56 bits per heavy atom. The number of ether oxygens (including phenoxy) is 1. The van der Waals surface area contributed by atoms with Crippen molar-refractivity contribution in [1.82, 2.24) is 5.48 Å². The predicted octanol–water partition coefficient (Wildman–Crippen LogP) is 2.03. The molecule has 0 aliphatic heterocycles. The molecule has 5 nitrogen and oxygen atoms in total. The molecule has 0 saturated carbocycles. The van der Waals surface area contributed by atoms with Crippen LogP contribution in [0.1, 0.15) is 20.8 Å². The van der Waals surface area contributed by atoms with Crippen LogP contribution in [-0.4, -0.2) is 26.1 Å². The first-order chi connectivity index (χ1) is 7.56. The highest BCUT2D eigenvalue weighted by molar-refractivity contribution is 6.06. The lowest BCUT2D eigenvalue weighted by atomic mass is 10.1. The SMILES string of the molecule is C=N/C(OC)=C(/C)C(=N)/C=C(\C)ONCC. The molecule has 0 aliphatic carbocycles. The number of hydrogen-bond acceptors (Lipinski definition) is 5. The van der Waals surface area contributed by atoms with Crippen LogP contribution in [0.5, 0.6) is 0 Å². The van der Waals surface area contributed by atoms with Gasteiger partial charge in [-0.2, -0.15) is 5.48 Å². The molecule has 5 heteroatoms. The summed E-state index contributed by atoms with van der Waals surface area (Å²) in [4.78, 5) is 8.80. The van der Waals surface area contributed by atoms with E-state index in [2.05, 4.69) is 17.2 Å². The van der Waals surface area contributed by atoms with Crippen LogP contribution < -0.4 is 5.48 Å². The Balaban J connectivity index is 4.68. The lowest BCUT2D eigenvalue weighted by Crippen LogP contribution is -2.12. The summed E-state index contributed by atoms with van der Waals surface area (Å²) in [6.07, 6.45) is 1.59. The van der Waals surface area contributed by atoms with E-state index < -0.39 is 0 Å². The highest BCUT2D eigenvalue weighted by Crippen LogP contribution is 2.09. The molecule has 0 unspecified atom stereocenters. The van der Waals surface area contributed by atoms with E-state index in [1.54, 1.807) is 19.9 Å². The molecule has 90 valence electrons. The van der Waals surface area contributed by atoms with Crippen LogP contribution in [0.3, 0.4) is 0 Å². The van der Waals surface area contributed by atoms with Gasteiger partial charge in [-0.05, 0) is 27.5 Å². The van der Waals surface area contributed by atoms with E-state index in [1.807, 2.05) is 6.92 Å². The van der Waals surface area contributed by atoms with Crippen LogP contribution in [0.15, 0.2) is 28.3 Å². The summed E-state index contributed by atoms with van der Waals surface area (Å²) in [5.41, 5.74) is 3.59. The van der Waals surface area contributed by atoms with E-state index in [0.717, 1.165) is 0 Å². The van der Waals surface area contributed by atoms with Gasteiger partial charge in [-0.1, -0.05) is 0 Å². The van der Waals surface area contributed by atoms with Gasteiger partial charge < -0.3 is 15.0 Å². The lowest BCUT2D eigenvalue weighted by Gasteiger charge is -2.07. The quantitative estimate of drug-likeness (QED) is 0.396. The van der Waals surface area contributed by atoms with Crippen LogP contribution in [0, 0.1) is 5.41 Å². The average molecular weight is 225 g/mol. The minimum Gasteiger partial charge on any atom is -0.481 e.